The highest BCUT2D eigenvalue weighted by molar-refractivity contribution is 5.87. The lowest BCUT2D eigenvalue weighted by Crippen LogP contribution is -2.25. The van der Waals surface area contributed by atoms with Crippen LogP contribution in [0.15, 0.2) is 57.7 Å². The van der Waals surface area contributed by atoms with Crippen molar-refractivity contribution in [2.75, 3.05) is 20.7 Å². The normalized spacial score (nSPS) is 10.6. The Morgan fingerprint density at radius 2 is 1.85 bits per heavy atom. The van der Waals surface area contributed by atoms with Crippen LogP contribution in [0.25, 0.3) is 22.3 Å². The molecule has 0 spiro atoms. The summed E-state index contributed by atoms with van der Waals surface area (Å²) in [5.41, 5.74) is 0.850. The van der Waals surface area contributed by atoms with Crippen LogP contribution < -0.4 is 14.9 Å². The van der Waals surface area contributed by atoms with Gasteiger partial charge in [-0.25, -0.2) is 4.79 Å². The molecule has 0 fully saturated rings. The first kappa shape index (κ1) is 17.5. The van der Waals surface area contributed by atoms with E-state index in [2.05, 4.69) is 0 Å². The lowest BCUT2D eigenvalue weighted by molar-refractivity contribution is 0.172. The maximum atomic E-state index is 12.7. The second kappa shape index (κ2) is 7.31. The van der Waals surface area contributed by atoms with E-state index < -0.39 is 6.09 Å². The summed E-state index contributed by atoms with van der Waals surface area (Å²) in [5.74, 6) is 0.995. The molecule has 0 radical (unpaired) electrons. The highest BCUT2D eigenvalue weighted by Gasteiger charge is 2.16. The van der Waals surface area contributed by atoms with Crippen LogP contribution >= 0.6 is 0 Å². The Hall–Kier alpha value is -3.28. The van der Waals surface area contributed by atoms with E-state index >= 15 is 0 Å². The number of carbonyl (C=O) groups excluding carboxylic acids is 1. The predicted molar refractivity (Wildman–Crippen MR) is 98.8 cm³/mol. The van der Waals surface area contributed by atoms with Crippen molar-refractivity contribution in [2.45, 2.75) is 6.92 Å². The van der Waals surface area contributed by atoms with Gasteiger partial charge < -0.3 is 18.8 Å². The Bertz CT molecular complexity index is 992. The molecule has 1 aromatic heterocycles. The highest BCUT2D eigenvalue weighted by atomic mass is 16.6. The second-order valence-corrected chi connectivity index (χ2v) is 5.83. The van der Waals surface area contributed by atoms with Crippen molar-refractivity contribution in [2.24, 2.45) is 0 Å². The monoisotopic (exact) mass is 353 g/mol. The third-order valence-corrected chi connectivity index (χ3v) is 3.70. The largest absolute Gasteiger partial charge is 0.493 e. The average Bonchev–Trinajstić information content (AvgIpc) is 2.62. The third kappa shape index (κ3) is 3.54. The van der Waals surface area contributed by atoms with E-state index in [1.807, 2.05) is 37.3 Å². The first-order valence-electron chi connectivity index (χ1n) is 8.19. The van der Waals surface area contributed by atoms with Gasteiger partial charge in [0.2, 0.25) is 0 Å². The molecule has 6 nitrogen and oxygen atoms in total. The van der Waals surface area contributed by atoms with Crippen molar-refractivity contribution < 1.29 is 18.7 Å². The van der Waals surface area contributed by atoms with E-state index in [9.17, 15) is 9.59 Å². The quantitative estimate of drug-likeness (QED) is 0.711. The lowest BCUT2D eigenvalue weighted by atomic mass is 10.1. The van der Waals surface area contributed by atoms with E-state index in [1.54, 1.807) is 14.1 Å². The number of fused-ring (bicyclic) bond motifs is 1. The van der Waals surface area contributed by atoms with Gasteiger partial charge in [0, 0.05) is 37.9 Å². The fraction of sp³-hybridized carbons (Fsp3) is 0.200. The van der Waals surface area contributed by atoms with Gasteiger partial charge in [-0.1, -0.05) is 30.3 Å². The molecule has 3 aromatic rings. The van der Waals surface area contributed by atoms with Gasteiger partial charge in [0.05, 0.1) is 6.61 Å². The Kier molecular flexibility index (Phi) is 4.93. The van der Waals surface area contributed by atoms with Crippen molar-refractivity contribution in [3.8, 4) is 22.8 Å². The molecule has 0 aliphatic carbocycles. The molecule has 0 saturated heterocycles. The van der Waals surface area contributed by atoms with Gasteiger partial charge in [-0.15, -0.1) is 0 Å². The van der Waals surface area contributed by atoms with Gasteiger partial charge in [-0.3, -0.25) is 4.79 Å². The number of rotatable bonds is 4. The molecule has 134 valence electrons. The molecular formula is C20H19NO5. The average molecular weight is 353 g/mol. The third-order valence-electron chi connectivity index (χ3n) is 3.70. The van der Waals surface area contributed by atoms with Crippen molar-refractivity contribution in [1.82, 2.24) is 4.90 Å². The number of hydrogen-bond donors (Lipinski definition) is 0. The van der Waals surface area contributed by atoms with E-state index in [0.29, 0.717) is 29.1 Å². The number of benzene rings is 2. The summed E-state index contributed by atoms with van der Waals surface area (Å²) in [4.78, 5) is 25.8. The number of nitrogens with zero attached hydrogens (tertiary/aromatic N) is 1. The van der Waals surface area contributed by atoms with E-state index in [-0.39, 0.29) is 11.2 Å². The molecule has 0 N–H and O–H groups in total. The molecular weight excluding hydrogens is 334 g/mol. The zero-order chi connectivity index (χ0) is 18.7. The molecule has 2 aromatic carbocycles. The van der Waals surface area contributed by atoms with E-state index in [4.69, 9.17) is 13.9 Å². The number of carbonyl (C=O) groups is 1. The van der Waals surface area contributed by atoms with Gasteiger partial charge in [0.15, 0.2) is 5.43 Å². The second-order valence-electron chi connectivity index (χ2n) is 5.83. The smallest absolute Gasteiger partial charge is 0.414 e. The van der Waals surface area contributed by atoms with Crippen LogP contribution in [0.4, 0.5) is 4.79 Å². The van der Waals surface area contributed by atoms with Gasteiger partial charge in [-0.2, -0.15) is 0 Å². The molecule has 26 heavy (non-hydrogen) atoms. The van der Waals surface area contributed by atoms with Gasteiger partial charge in [0.1, 0.15) is 28.2 Å². The number of hydrogen-bond acceptors (Lipinski definition) is 5. The molecule has 0 atom stereocenters. The zero-order valence-electron chi connectivity index (χ0n) is 14.8. The molecule has 0 bridgehead atoms. The summed E-state index contributed by atoms with van der Waals surface area (Å²) in [6, 6.07) is 13.8. The molecule has 0 unspecified atom stereocenters. The molecule has 1 heterocycles. The highest BCUT2D eigenvalue weighted by Crippen LogP contribution is 2.32. The molecule has 0 aliphatic heterocycles. The van der Waals surface area contributed by atoms with Crippen LogP contribution in [0.5, 0.6) is 11.5 Å². The minimum atomic E-state index is -0.534. The zero-order valence-corrected chi connectivity index (χ0v) is 14.8. The maximum absolute atomic E-state index is 12.7. The van der Waals surface area contributed by atoms with E-state index in [1.165, 1.54) is 23.1 Å². The molecule has 1 amide bonds. The predicted octanol–water partition coefficient (Wildman–Crippen LogP) is 3.92. The van der Waals surface area contributed by atoms with E-state index in [0.717, 1.165) is 5.56 Å². The topological polar surface area (TPSA) is 69.0 Å². The summed E-state index contributed by atoms with van der Waals surface area (Å²) < 4.78 is 16.8. The molecule has 3 rings (SSSR count). The molecule has 6 heteroatoms. The van der Waals surface area contributed by atoms with Crippen molar-refractivity contribution in [3.05, 3.63) is 58.8 Å². The summed E-state index contributed by atoms with van der Waals surface area (Å²) >= 11 is 0. The molecule has 0 aliphatic rings. The minimum absolute atomic E-state index is 0.223. The SMILES string of the molecule is CCOc1cc(OC(=O)N(C)C)cc2oc(-c3ccccc3)cc(=O)c12. The maximum Gasteiger partial charge on any atom is 0.414 e. The van der Waals surface area contributed by atoms with Crippen LogP contribution in [-0.4, -0.2) is 31.7 Å². The standard InChI is InChI=1S/C20H19NO5/c1-4-24-17-10-14(25-20(23)21(2)3)11-18-19(17)15(22)12-16(26-18)13-8-6-5-7-9-13/h5-12H,4H2,1-3H3. The Morgan fingerprint density at radius 1 is 1.12 bits per heavy atom. The van der Waals surface area contributed by atoms with Crippen molar-refractivity contribution in [3.63, 3.8) is 0 Å². The fourth-order valence-corrected chi connectivity index (χ4v) is 2.49. The first-order valence-corrected chi connectivity index (χ1v) is 8.19. The van der Waals surface area contributed by atoms with Crippen LogP contribution in [-0.2, 0) is 0 Å². The van der Waals surface area contributed by atoms with Crippen LogP contribution in [0, 0.1) is 0 Å². The Labute approximate surface area is 150 Å². The summed E-state index contributed by atoms with van der Waals surface area (Å²) in [5, 5.41) is 0.316. The fourth-order valence-electron chi connectivity index (χ4n) is 2.49. The van der Waals surface area contributed by atoms with Crippen LogP contribution in [0.1, 0.15) is 6.92 Å². The van der Waals surface area contributed by atoms with Gasteiger partial charge in [-0.05, 0) is 6.92 Å². The Balaban J connectivity index is 2.18. The molecule has 0 saturated carbocycles. The van der Waals surface area contributed by atoms with Gasteiger partial charge >= 0.3 is 6.09 Å². The summed E-state index contributed by atoms with van der Waals surface area (Å²) in [7, 11) is 3.17. The van der Waals surface area contributed by atoms with Gasteiger partial charge in [0.25, 0.3) is 0 Å². The van der Waals surface area contributed by atoms with Crippen molar-refractivity contribution >= 4 is 17.1 Å². The lowest BCUT2D eigenvalue weighted by Gasteiger charge is -2.13. The van der Waals surface area contributed by atoms with Crippen LogP contribution in [0.3, 0.4) is 0 Å². The van der Waals surface area contributed by atoms with Crippen molar-refractivity contribution in [1.29, 1.82) is 0 Å². The minimum Gasteiger partial charge on any atom is -0.493 e. The summed E-state index contributed by atoms with van der Waals surface area (Å²) in [6.45, 7) is 2.17. The summed E-state index contributed by atoms with van der Waals surface area (Å²) in [6.07, 6.45) is -0.534. The van der Waals surface area contributed by atoms with Crippen LogP contribution in [0.2, 0.25) is 0 Å². The first-order chi connectivity index (χ1) is 12.5. The Morgan fingerprint density at radius 3 is 2.50 bits per heavy atom. The number of ether oxygens (including phenoxy) is 2. The number of amides is 1.